The molecule has 6 nitrogen and oxygen atoms in total. The third-order valence-electron chi connectivity index (χ3n) is 3.90. The lowest BCUT2D eigenvalue weighted by Gasteiger charge is -2.10. The molecule has 0 aliphatic heterocycles. The Morgan fingerprint density at radius 1 is 1.20 bits per heavy atom. The number of rotatable bonds is 6. The zero-order valence-corrected chi connectivity index (χ0v) is 15.6. The number of oxazole rings is 1. The Labute approximate surface area is 151 Å². The number of nitrogens with one attached hydrogen (secondary N) is 2. The van der Waals surface area contributed by atoms with Gasteiger partial charge >= 0.3 is 0 Å². The highest BCUT2D eigenvalue weighted by Gasteiger charge is 2.07. The molecule has 0 bridgehead atoms. The zero-order valence-electron chi connectivity index (χ0n) is 14.8. The van der Waals surface area contributed by atoms with Crippen molar-refractivity contribution in [2.75, 3.05) is 13.6 Å². The van der Waals surface area contributed by atoms with Gasteiger partial charge in [-0.1, -0.05) is 12.1 Å². The van der Waals surface area contributed by atoms with Crippen LogP contribution in [0.3, 0.4) is 0 Å². The Balaban J connectivity index is 1.42. The molecule has 0 saturated carbocycles. The minimum Gasteiger partial charge on any atom is -0.444 e. The fourth-order valence-electron chi connectivity index (χ4n) is 2.47. The second-order valence-corrected chi connectivity index (χ2v) is 6.90. The lowest BCUT2D eigenvalue weighted by Crippen LogP contribution is -2.37. The molecule has 132 valence electrons. The molecule has 0 saturated heterocycles. The van der Waals surface area contributed by atoms with Crippen LogP contribution in [0.2, 0.25) is 0 Å². The summed E-state index contributed by atoms with van der Waals surface area (Å²) in [5.74, 6) is 2.28. The first-order valence-corrected chi connectivity index (χ1v) is 9.19. The molecule has 0 aliphatic rings. The van der Waals surface area contributed by atoms with E-state index in [1.807, 2.05) is 19.9 Å². The van der Waals surface area contributed by atoms with E-state index in [0.717, 1.165) is 42.3 Å². The lowest BCUT2D eigenvalue weighted by atomic mass is 10.3. The Morgan fingerprint density at radius 3 is 2.76 bits per heavy atom. The highest BCUT2D eigenvalue weighted by atomic mass is 32.1. The van der Waals surface area contributed by atoms with Crippen LogP contribution in [0.25, 0.3) is 10.2 Å². The molecule has 3 rings (SSSR count). The van der Waals surface area contributed by atoms with Crippen molar-refractivity contribution in [2.24, 2.45) is 4.99 Å². The predicted octanol–water partition coefficient (Wildman–Crippen LogP) is 3.20. The van der Waals surface area contributed by atoms with Gasteiger partial charge in [0.05, 0.1) is 27.5 Å². The maximum absolute atomic E-state index is 5.56. The van der Waals surface area contributed by atoms with Gasteiger partial charge in [0.2, 0.25) is 5.89 Å². The largest absolute Gasteiger partial charge is 0.444 e. The normalized spacial score (nSPS) is 11.9. The van der Waals surface area contributed by atoms with Crippen LogP contribution < -0.4 is 10.6 Å². The SMILES string of the molecule is CN=C(NCCCc1nc2ccccc2s1)NCc1nc(C)c(C)o1. The summed E-state index contributed by atoms with van der Waals surface area (Å²) >= 11 is 1.77. The summed E-state index contributed by atoms with van der Waals surface area (Å²) in [6, 6.07) is 8.26. The first-order valence-electron chi connectivity index (χ1n) is 8.37. The summed E-state index contributed by atoms with van der Waals surface area (Å²) in [5.41, 5.74) is 2.01. The van der Waals surface area contributed by atoms with E-state index in [1.165, 1.54) is 9.71 Å². The van der Waals surface area contributed by atoms with Crippen molar-refractivity contribution in [1.29, 1.82) is 0 Å². The third kappa shape index (κ3) is 4.57. The fraction of sp³-hybridized carbons (Fsp3) is 0.389. The van der Waals surface area contributed by atoms with E-state index in [0.29, 0.717) is 12.4 Å². The molecule has 25 heavy (non-hydrogen) atoms. The van der Waals surface area contributed by atoms with Crippen molar-refractivity contribution in [3.63, 3.8) is 0 Å². The van der Waals surface area contributed by atoms with Crippen LogP contribution in [-0.2, 0) is 13.0 Å². The van der Waals surface area contributed by atoms with E-state index in [9.17, 15) is 0 Å². The molecule has 2 heterocycles. The highest BCUT2D eigenvalue weighted by Crippen LogP contribution is 2.22. The smallest absolute Gasteiger partial charge is 0.214 e. The van der Waals surface area contributed by atoms with Crippen LogP contribution in [0.5, 0.6) is 0 Å². The number of aryl methyl sites for hydroxylation is 3. The second kappa shape index (κ2) is 8.11. The molecule has 0 aliphatic carbocycles. The molecule has 3 aromatic rings. The van der Waals surface area contributed by atoms with Crippen molar-refractivity contribution in [3.05, 3.63) is 46.6 Å². The Morgan fingerprint density at radius 2 is 2.04 bits per heavy atom. The Kier molecular flexibility index (Phi) is 5.65. The van der Waals surface area contributed by atoms with Crippen LogP contribution in [0.15, 0.2) is 33.7 Å². The number of fused-ring (bicyclic) bond motifs is 1. The number of aliphatic imine (C=N–C) groups is 1. The first-order chi connectivity index (χ1) is 12.2. The minimum absolute atomic E-state index is 0.520. The van der Waals surface area contributed by atoms with Crippen molar-refractivity contribution in [1.82, 2.24) is 20.6 Å². The van der Waals surface area contributed by atoms with Gasteiger partial charge in [-0.05, 0) is 32.4 Å². The summed E-state index contributed by atoms with van der Waals surface area (Å²) < 4.78 is 6.81. The fourth-order valence-corrected chi connectivity index (χ4v) is 3.48. The standard InChI is InChI=1S/C18H23N5OS/c1-12-13(2)24-16(22-12)11-21-18(19-3)20-10-6-9-17-23-14-7-4-5-8-15(14)25-17/h4-5,7-8H,6,9-11H2,1-3H3,(H2,19,20,21). The molecule has 0 atom stereocenters. The van der Waals surface area contributed by atoms with Crippen LogP contribution in [0.4, 0.5) is 0 Å². The number of nitrogens with zero attached hydrogens (tertiary/aromatic N) is 3. The van der Waals surface area contributed by atoms with Crippen LogP contribution in [0.1, 0.15) is 28.8 Å². The van der Waals surface area contributed by atoms with E-state index >= 15 is 0 Å². The Bertz CT molecular complexity index is 815. The summed E-state index contributed by atoms with van der Waals surface area (Å²) in [6.07, 6.45) is 1.96. The first kappa shape index (κ1) is 17.4. The maximum atomic E-state index is 5.56. The summed E-state index contributed by atoms with van der Waals surface area (Å²) in [5, 5.41) is 7.70. The van der Waals surface area contributed by atoms with E-state index in [-0.39, 0.29) is 0 Å². The molecule has 0 unspecified atom stereocenters. The average molecular weight is 357 g/mol. The molecule has 0 fully saturated rings. The highest BCUT2D eigenvalue weighted by molar-refractivity contribution is 7.18. The molecule has 0 radical (unpaired) electrons. The number of hydrogen-bond acceptors (Lipinski definition) is 5. The van der Waals surface area contributed by atoms with Gasteiger partial charge in [0.25, 0.3) is 0 Å². The van der Waals surface area contributed by atoms with Gasteiger partial charge in [-0.25, -0.2) is 9.97 Å². The molecular weight excluding hydrogens is 334 g/mol. The van der Waals surface area contributed by atoms with E-state index in [1.54, 1.807) is 18.4 Å². The quantitative estimate of drug-likeness (QED) is 0.402. The van der Waals surface area contributed by atoms with Crippen molar-refractivity contribution in [3.8, 4) is 0 Å². The van der Waals surface area contributed by atoms with Gasteiger partial charge in [0, 0.05) is 20.0 Å². The second-order valence-electron chi connectivity index (χ2n) is 5.78. The van der Waals surface area contributed by atoms with Crippen molar-refractivity contribution >= 4 is 27.5 Å². The number of para-hydroxylation sites is 1. The van der Waals surface area contributed by atoms with Gasteiger partial charge < -0.3 is 15.1 Å². The number of thiazole rings is 1. The maximum Gasteiger partial charge on any atom is 0.214 e. The molecule has 1 aromatic carbocycles. The third-order valence-corrected chi connectivity index (χ3v) is 5.00. The summed E-state index contributed by atoms with van der Waals surface area (Å²) in [7, 11) is 1.76. The van der Waals surface area contributed by atoms with Crippen molar-refractivity contribution in [2.45, 2.75) is 33.2 Å². The van der Waals surface area contributed by atoms with Crippen LogP contribution in [0, 0.1) is 13.8 Å². The zero-order chi connectivity index (χ0) is 17.6. The number of hydrogen-bond donors (Lipinski definition) is 2. The molecule has 0 amide bonds. The number of guanidine groups is 1. The Hall–Kier alpha value is -2.41. The van der Waals surface area contributed by atoms with Gasteiger partial charge in [-0.3, -0.25) is 4.99 Å². The predicted molar refractivity (Wildman–Crippen MR) is 102 cm³/mol. The van der Waals surface area contributed by atoms with Gasteiger partial charge in [0.1, 0.15) is 5.76 Å². The van der Waals surface area contributed by atoms with Gasteiger partial charge in [0.15, 0.2) is 5.96 Å². The van der Waals surface area contributed by atoms with E-state index in [4.69, 9.17) is 4.42 Å². The van der Waals surface area contributed by atoms with Gasteiger partial charge in [-0.2, -0.15) is 0 Å². The number of aromatic nitrogens is 2. The van der Waals surface area contributed by atoms with Crippen molar-refractivity contribution < 1.29 is 4.42 Å². The molecule has 0 spiro atoms. The minimum atomic E-state index is 0.520. The molecule has 2 aromatic heterocycles. The molecule has 7 heteroatoms. The number of benzene rings is 1. The van der Waals surface area contributed by atoms with E-state index in [2.05, 4.69) is 43.8 Å². The molecule has 2 N–H and O–H groups in total. The summed E-state index contributed by atoms with van der Waals surface area (Å²) in [4.78, 5) is 13.2. The van der Waals surface area contributed by atoms with Crippen LogP contribution in [-0.4, -0.2) is 29.5 Å². The van der Waals surface area contributed by atoms with Crippen LogP contribution >= 0.6 is 11.3 Å². The van der Waals surface area contributed by atoms with E-state index < -0.39 is 0 Å². The topological polar surface area (TPSA) is 75.3 Å². The molecular formula is C18H23N5OS. The van der Waals surface area contributed by atoms with Gasteiger partial charge in [-0.15, -0.1) is 11.3 Å². The summed E-state index contributed by atoms with van der Waals surface area (Å²) in [6.45, 7) is 5.21. The monoisotopic (exact) mass is 357 g/mol. The average Bonchev–Trinajstić information content (AvgIpc) is 3.17. The lowest BCUT2D eigenvalue weighted by molar-refractivity contribution is 0.463.